The lowest BCUT2D eigenvalue weighted by Gasteiger charge is -2.11. The monoisotopic (exact) mass is 418 g/mol. The minimum Gasteiger partial charge on any atom is -0.497 e. The van der Waals surface area contributed by atoms with Crippen LogP contribution >= 0.6 is 38.5 Å². The van der Waals surface area contributed by atoms with Crippen LogP contribution in [-0.4, -0.2) is 7.11 Å². The van der Waals surface area contributed by atoms with Gasteiger partial charge in [-0.25, -0.2) is 0 Å². The van der Waals surface area contributed by atoms with Crippen molar-refractivity contribution in [2.75, 3.05) is 18.2 Å². The van der Waals surface area contributed by atoms with Gasteiger partial charge in [-0.05, 0) is 52.9 Å². The fraction of sp³-hybridized carbons (Fsp3) is 0.0769. The number of nitrogens with two attached hydrogens (primary N) is 1. The summed E-state index contributed by atoms with van der Waals surface area (Å²) in [4.78, 5) is 0. The molecule has 0 atom stereocenters. The van der Waals surface area contributed by atoms with Crippen molar-refractivity contribution >= 4 is 55.6 Å². The average molecular weight is 419 g/mol. The molecule has 2 aromatic carbocycles. The third-order valence-corrected chi connectivity index (χ3v) is 3.53. The predicted octanol–water partition coefficient (Wildman–Crippen LogP) is 4.39. The first-order valence-electron chi connectivity index (χ1n) is 5.25. The van der Waals surface area contributed by atoms with Crippen molar-refractivity contribution in [3.8, 4) is 5.75 Å². The zero-order valence-corrected chi connectivity index (χ0v) is 13.4. The lowest BCUT2D eigenvalue weighted by molar-refractivity contribution is 0.415. The number of methoxy groups -OCH3 is 1. The Kier molecular flexibility index (Phi) is 4.34. The number of benzene rings is 2. The van der Waals surface area contributed by atoms with Crippen LogP contribution < -0.4 is 15.8 Å². The fourth-order valence-corrected chi connectivity index (χ4v) is 2.54. The van der Waals surface area contributed by atoms with Crippen LogP contribution in [0.2, 0.25) is 0 Å². The second-order valence-electron chi connectivity index (χ2n) is 3.74. The van der Waals surface area contributed by atoms with Gasteiger partial charge in [0.15, 0.2) is 0 Å². The number of anilines is 3. The van der Waals surface area contributed by atoms with Gasteiger partial charge in [-0.1, -0.05) is 15.9 Å². The Hall–Kier alpha value is -0.950. The van der Waals surface area contributed by atoms with E-state index in [9.17, 15) is 0 Å². The maximum atomic E-state index is 5.97. The van der Waals surface area contributed by atoms with E-state index in [1.165, 1.54) is 0 Å². The molecule has 2 aromatic rings. The molecule has 0 saturated carbocycles. The molecule has 18 heavy (non-hydrogen) atoms. The number of hydrogen-bond acceptors (Lipinski definition) is 3. The molecule has 3 nitrogen and oxygen atoms in total. The zero-order valence-electron chi connectivity index (χ0n) is 9.71. The molecule has 0 heterocycles. The first kappa shape index (κ1) is 13.5. The van der Waals surface area contributed by atoms with Crippen molar-refractivity contribution in [1.29, 1.82) is 0 Å². The van der Waals surface area contributed by atoms with Gasteiger partial charge in [0.2, 0.25) is 0 Å². The van der Waals surface area contributed by atoms with Gasteiger partial charge in [0.25, 0.3) is 0 Å². The first-order chi connectivity index (χ1) is 8.58. The summed E-state index contributed by atoms with van der Waals surface area (Å²) in [5.74, 6) is 0.788. The summed E-state index contributed by atoms with van der Waals surface area (Å²) in [7, 11) is 1.64. The standard InChI is InChI=1S/C13H12BrIN2O/c1-18-11-5-8(14)4-10(7-11)17-13-3-2-9(15)6-12(13)16/h2-7,17H,16H2,1H3. The van der Waals surface area contributed by atoms with Gasteiger partial charge in [0, 0.05) is 19.8 Å². The van der Waals surface area contributed by atoms with Crippen molar-refractivity contribution in [1.82, 2.24) is 0 Å². The minimum absolute atomic E-state index is 0.723. The van der Waals surface area contributed by atoms with Gasteiger partial charge >= 0.3 is 0 Å². The first-order valence-corrected chi connectivity index (χ1v) is 7.12. The van der Waals surface area contributed by atoms with E-state index >= 15 is 0 Å². The highest BCUT2D eigenvalue weighted by Crippen LogP contribution is 2.29. The highest BCUT2D eigenvalue weighted by molar-refractivity contribution is 14.1. The van der Waals surface area contributed by atoms with Gasteiger partial charge in [-0.2, -0.15) is 0 Å². The quantitative estimate of drug-likeness (QED) is 0.574. The number of ether oxygens (including phenoxy) is 1. The van der Waals surface area contributed by atoms with Crippen molar-refractivity contribution in [2.24, 2.45) is 0 Å². The molecule has 0 aliphatic carbocycles. The van der Waals surface area contributed by atoms with E-state index in [1.807, 2.05) is 36.4 Å². The van der Waals surface area contributed by atoms with Crippen LogP contribution in [0.1, 0.15) is 0 Å². The topological polar surface area (TPSA) is 47.3 Å². The van der Waals surface area contributed by atoms with Crippen LogP contribution in [0.15, 0.2) is 40.9 Å². The Bertz CT molecular complexity index is 575. The van der Waals surface area contributed by atoms with Crippen molar-refractivity contribution in [3.05, 3.63) is 44.4 Å². The van der Waals surface area contributed by atoms with Crippen LogP contribution in [0.3, 0.4) is 0 Å². The van der Waals surface area contributed by atoms with Gasteiger partial charge in [-0.3, -0.25) is 0 Å². The molecule has 0 saturated heterocycles. The Morgan fingerprint density at radius 1 is 1.22 bits per heavy atom. The summed E-state index contributed by atoms with van der Waals surface area (Å²) in [5.41, 5.74) is 8.50. The molecule has 0 fully saturated rings. The second-order valence-corrected chi connectivity index (χ2v) is 5.90. The fourth-order valence-electron chi connectivity index (χ4n) is 1.56. The number of halogens is 2. The average Bonchev–Trinajstić information content (AvgIpc) is 2.32. The minimum atomic E-state index is 0.723. The molecule has 0 unspecified atom stereocenters. The third kappa shape index (κ3) is 3.29. The molecule has 2 rings (SSSR count). The summed E-state index contributed by atoms with van der Waals surface area (Å²) in [6.45, 7) is 0. The maximum absolute atomic E-state index is 5.97. The van der Waals surface area contributed by atoms with E-state index in [0.717, 1.165) is 30.9 Å². The number of nitrogen functional groups attached to an aromatic ring is 1. The lowest BCUT2D eigenvalue weighted by atomic mass is 10.2. The maximum Gasteiger partial charge on any atom is 0.122 e. The summed E-state index contributed by atoms with van der Waals surface area (Å²) >= 11 is 5.68. The van der Waals surface area contributed by atoms with Crippen molar-refractivity contribution in [2.45, 2.75) is 0 Å². The van der Waals surface area contributed by atoms with E-state index in [1.54, 1.807) is 7.11 Å². The van der Waals surface area contributed by atoms with E-state index in [4.69, 9.17) is 10.5 Å². The molecule has 0 aliphatic heterocycles. The summed E-state index contributed by atoms with van der Waals surface area (Å²) in [6, 6.07) is 11.7. The van der Waals surface area contributed by atoms with E-state index in [-0.39, 0.29) is 0 Å². The normalized spacial score (nSPS) is 10.2. The third-order valence-electron chi connectivity index (χ3n) is 2.40. The molecular weight excluding hydrogens is 407 g/mol. The van der Waals surface area contributed by atoms with Gasteiger partial charge in [0.1, 0.15) is 5.75 Å². The highest BCUT2D eigenvalue weighted by Gasteiger charge is 2.03. The Morgan fingerprint density at radius 3 is 2.67 bits per heavy atom. The number of hydrogen-bond donors (Lipinski definition) is 2. The molecular formula is C13H12BrIN2O. The van der Waals surface area contributed by atoms with Crippen molar-refractivity contribution in [3.63, 3.8) is 0 Å². The molecule has 0 radical (unpaired) electrons. The Morgan fingerprint density at radius 2 is 2.00 bits per heavy atom. The van der Waals surface area contributed by atoms with Crippen LogP contribution in [0.25, 0.3) is 0 Å². The van der Waals surface area contributed by atoms with Crippen LogP contribution in [-0.2, 0) is 0 Å². The van der Waals surface area contributed by atoms with Crippen LogP contribution in [0, 0.1) is 3.57 Å². The molecule has 94 valence electrons. The largest absolute Gasteiger partial charge is 0.497 e. The molecule has 0 aromatic heterocycles. The summed E-state index contributed by atoms with van der Waals surface area (Å²) in [6.07, 6.45) is 0. The Labute approximate surface area is 128 Å². The van der Waals surface area contributed by atoms with Gasteiger partial charge < -0.3 is 15.8 Å². The Balaban J connectivity index is 2.30. The van der Waals surface area contributed by atoms with Crippen molar-refractivity contribution < 1.29 is 4.74 Å². The van der Waals surface area contributed by atoms with Crippen LogP contribution in [0.5, 0.6) is 5.75 Å². The van der Waals surface area contributed by atoms with E-state index in [0.29, 0.717) is 0 Å². The molecule has 0 spiro atoms. The molecule has 3 N–H and O–H groups in total. The van der Waals surface area contributed by atoms with Crippen LogP contribution in [0.4, 0.5) is 17.1 Å². The second kappa shape index (κ2) is 5.79. The number of rotatable bonds is 3. The molecule has 5 heteroatoms. The van der Waals surface area contributed by atoms with E-state index in [2.05, 4.69) is 43.8 Å². The van der Waals surface area contributed by atoms with Gasteiger partial charge in [0.05, 0.1) is 18.5 Å². The van der Waals surface area contributed by atoms with E-state index < -0.39 is 0 Å². The summed E-state index contributed by atoms with van der Waals surface area (Å²) < 4.78 is 7.29. The number of nitrogens with one attached hydrogen (secondary N) is 1. The zero-order chi connectivity index (χ0) is 13.1. The van der Waals surface area contributed by atoms with Gasteiger partial charge in [-0.15, -0.1) is 0 Å². The molecule has 0 amide bonds. The molecule has 0 bridgehead atoms. The summed E-state index contributed by atoms with van der Waals surface area (Å²) in [5, 5.41) is 3.28. The predicted molar refractivity (Wildman–Crippen MR) is 87.5 cm³/mol. The highest BCUT2D eigenvalue weighted by atomic mass is 127. The smallest absolute Gasteiger partial charge is 0.122 e. The lowest BCUT2D eigenvalue weighted by Crippen LogP contribution is -1.97. The SMILES string of the molecule is COc1cc(Br)cc(Nc2ccc(I)cc2N)c1. The molecule has 0 aliphatic rings.